The van der Waals surface area contributed by atoms with E-state index in [4.69, 9.17) is 10.3 Å². The first-order chi connectivity index (χ1) is 8.30. The van der Waals surface area contributed by atoms with Crippen LogP contribution in [-0.4, -0.2) is 24.8 Å². The number of hydrogen-bond donors (Lipinski definition) is 2. The summed E-state index contributed by atoms with van der Waals surface area (Å²) in [4.78, 5) is 23.4. The lowest BCUT2D eigenvalue weighted by atomic mass is 10.2. The number of carbonyl (C=O) groups excluding carboxylic acids is 2. The highest BCUT2D eigenvalue weighted by Crippen LogP contribution is 2.28. The smallest absolute Gasteiger partial charge is 0.296 e. The second-order valence-corrected chi connectivity index (χ2v) is 5.21. The second kappa shape index (κ2) is 4.07. The highest BCUT2D eigenvalue weighted by atomic mass is 32.2. The quantitative estimate of drug-likeness (QED) is 0.449. The van der Waals surface area contributed by atoms with Crippen molar-refractivity contribution in [3.63, 3.8) is 0 Å². The number of imide groups is 1. The monoisotopic (exact) mass is 270 g/mol. The normalized spacial score (nSPS) is 16.4. The molecule has 1 aliphatic rings. The van der Waals surface area contributed by atoms with E-state index in [2.05, 4.69) is 0 Å². The van der Waals surface area contributed by atoms with Gasteiger partial charge in [0.25, 0.3) is 10.1 Å². The highest BCUT2D eigenvalue weighted by molar-refractivity contribution is 7.86. The fourth-order valence-corrected chi connectivity index (χ4v) is 2.37. The van der Waals surface area contributed by atoms with Gasteiger partial charge in [0, 0.05) is 12.8 Å². The molecule has 1 aromatic carbocycles. The molecule has 8 heteroatoms. The van der Waals surface area contributed by atoms with E-state index < -0.39 is 15.0 Å². The average molecular weight is 270 g/mol. The van der Waals surface area contributed by atoms with Crippen LogP contribution >= 0.6 is 0 Å². The summed E-state index contributed by atoms with van der Waals surface area (Å²) in [6.07, 6.45) is 0.248. The molecule has 0 radical (unpaired) electrons. The van der Waals surface area contributed by atoms with Crippen molar-refractivity contribution in [1.82, 2.24) is 0 Å². The minimum atomic E-state index is -4.41. The van der Waals surface area contributed by atoms with Crippen LogP contribution < -0.4 is 10.6 Å². The van der Waals surface area contributed by atoms with Crippen molar-refractivity contribution in [3.8, 4) is 0 Å². The van der Waals surface area contributed by atoms with Gasteiger partial charge < -0.3 is 5.73 Å². The van der Waals surface area contributed by atoms with Gasteiger partial charge in [-0.1, -0.05) is 0 Å². The first-order valence-electron chi connectivity index (χ1n) is 5.03. The summed E-state index contributed by atoms with van der Waals surface area (Å²) in [5.74, 6) is -0.724. The number of amides is 2. The predicted octanol–water partition coefficient (Wildman–Crippen LogP) is 0.169. The molecule has 1 aromatic rings. The molecule has 96 valence electrons. The average Bonchev–Trinajstić information content (AvgIpc) is 2.56. The molecule has 0 aromatic heterocycles. The van der Waals surface area contributed by atoms with Gasteiger partial charge in [-0.05, 0) is 18.2 Å². The van der Waals surface area contributed by atoms with Crippen molar-refractivity contribution >= 4 is 33.3 Å². The van der Waals surface area contributed by atoms with Crippen molar-refractivity contribution in [1.29, 1.82) is 0 Å². The van der Waals surface area contributed by atoms with Gasteiger partial charge in [-0.2, -0.15) is 8.42 Å². The van der Waals surface area contributed by atoms with Gasteiger partial charge in [0.2, 0.25) is 11.8 Å². The summed E-state index contributed by atoms with van der Waals surface area (Å²) in [6, 6.07) is 3.48. The topological polar surface area (TPSA) is 118 Å². The van der Waals surface area contributed by atoms with Gasteiger partial charge in [0.1, 0.15) is 4.90 Å². The van der Waals surface area contributed by atoms with E-state index in [0.717, 1.165) is 11.0 Å². The number of nitrogen functional groups attached to an aromatic ring is 1. The number of nitrogens with zero attached hydrogens (tertiary/aromatic N) is 1. The predicted molar refractivity (Wildman–Crippen MR) is 62.4 cm³/mol. The van der Waals surface area contributed by atoms with Crippen LogP contribution in [0.2, 0.25) is 0 Å². The molecular weight excluding hydrogens is 260 g/mol. The van der Waals surface area contributed by atoms with Gasteiger partial charge in [-0.3, -0.25) is 19.0 Å². The van der Waals surface area contributed by atoms with Crippen LogP contribution in [0, 0.1) is 0 Å². The lowest BCUT2D eigenvalue weighted by Gasteiger charge is -2.15. The Balaban J connectivity index is 2.47. The first-order valence-corrected chi connectivity index (χ1v) is 6.47. The molecule has 7 nitrogen and oxygen atoms in total. The Morgan fingerprint density at radius 1 is 1.17 bits per heavy atom. The van der Waals surface area contributed by atoms with Gasteiger partial charge in [-0.25, -0.2) is 0 Å². The summed E-state index contributed by atoms with van der Waals surface area (Å²) in [7, 11) is -4.41. The summed E-state index contributed by atoms with van der Waals surface area (Å²) < 4.78 is 30.8. The summed E-state index contributed by atoms with van der Waals surface area (Å²) in [5, 5.41) is 0. The molecule has 0 atom stereocenters. The molecule has 0 bridgehead atoms. The van der Waals surface area contributed by atoms with Gasteiger partial charge in [0.15, 0.2) is 0 Å². The molecule has 0 unspecified atom stereocenters. The Hall–Kier alpha value is -1.93. The highest BCUT2D eigenvalue weighted by Gasteiger charge is 2.30. The number of nitrogens with two attached hydrogens (primary N) is 1. The van der Waals surface area contributed by atoms with Gasteiger partial charge in [0.05, 0.1) is 11.4 Å². The maximum absolute atomic E-state index is 11.5. The standard InChI is InChI=1S/C10H10N2O5S/c11-7-5-6(1-2-8(7)18(15,16)17)12-9(13)3-4-10(12)14/h1-2,5H,3-4,11H2,(H,15,16,17). The third-order valence-electron chi connectivity index (χ3n) is 2.58. The molecule has 3 N–H and O–H groups in total. The van der Waals surface area contributed by atoms with Crippen LogP contribution in [0.15, 0.2) is 23.1 Å². The third kappa shape index (κ3) is 2.07. The summed E-state index contributed by atoms with van der Waals surface area (Å²) >= 11 is 0. The zero-order valence-electron chi connectivity index (χ0n) is 9.16. The lowest BCUT2D eigenvalue weighted by molar-refractivity contribution is -0.121. The number of rotatable bonds is 2. The van der Waals surface area contributed by atoms with Crippen molar-refractivity contribution < 1.29 is 22.6 Å². The Morgan fingerprint density at radius 3 is 2.17 bits per heavy atom. The van der Waals surface area contributed by atoms with Crippen molar-refractivity contribution in [2.75, 3.05) is 10.6 Å². The van der Waals surface area contributed by atoms with Crippen LogP contribution in [-0.2, 0) is 19.7 Å². The van der Waals surface area contributed by atoms with E-state index in [9.17, 15) is 18.0 Å². The Bertz CT molecular complexity index is 622. The van der Waals surface area contributed by atoms with E-state index in [1.807, 2.05) is 0 Å². The largest absolute Gasteiger partial charge is 0.398 e. The Kier molecular flexibility index (Phi) is 2.83. The number of benzene rings is 1. The van der Waals surface area contributed by atoms with E-state index in [-0.39, 0.29) is 36.0 Å². The van der Waals surface area contributed by atoms with Crippen molar-refractivity contribution in [3.05, 3.63) is 18.2 Å². The Labute approximate surface area is 103 Å². The van der Waals surface area contributed by atoms with E-state index in [1.165, 1.54) is 12.1 Å². The maximum atomic E-state index is 11.5. The molecule has 1 aliphatic heterocycles. The molecule has 0 aliphatic carbocycles. The fourth-order valence-electron chi connectivity index (χ4n) is 1.77. The molecule has 0 saturated carbocycles. The second-order valence-electron chi connectivity index (χ2n) is 3.82. The van der Waals surface area contributed by atoms with Crippen LogP contribution in [0.5, 0.6) is 0 Å². The van der Waals surface area contributed by atoms with E-state index >= 15 is 0 Å². The van der Waals surface area contributed by atoms with Crippen LogP contribution in [0.4, 0.5) is 11.4 Å². The molecule has 2 amide bonds. The molecule has 1 saturated heterocycles. The molecule has 1 heterocycles. The molecule has 2 rings (SSSR count). The zero-order valence-corrected chi connectivity index (χ0v) is 9.98. The zero-order chi connectivity index (χ0) is 13.5. The fraction of sp³-hybridized carbons (Fsp3) is 0.200. The van der Waals surface area contributed by atoms with Crippen molar-refractivity contribution in [2.24, 2.45) is 0 Å². The minimum Gasteiger partial charge on any atom is -0.398 e. The van der Waals surface area contributed by atoms with Crippen LogP contribution in [0.1, 0.15) is 12.8 Å². The SMILES string of the molecule is Nc1cc(N2C(=O)CCC2=O)ccc1S(=O)(=O)O. The van der Waals surface area contributed by atoms with E-state index in [1.54, 1.807) is 0 Å². The Morgan fingerprint density at radius 2 is 1.72 bits per heavy atom. The number of hydrogen-bond acceptors (Lipinski definition) is 5. The first kappa shape index (κ1) is 12.5. The molecular formula is C10H10N2O5S. The lowest BCUT2D eigenvalue weighted by Crippen LogP contribution is -2.28. The van der Waals surface area contributed by atoms with Gasteiger partial charge >= 0.3 is 0 Å². The maximum Gasteiger partial charge on any atom is 0.296 e. The van der Waals surface area contributed by atoms with E-state index in [0.29, 0.717) is 0 Å². The van der Waals surface area contributed by atoms with Crippen LogP contribution in [0.3, 0.4) is 0 Å². The van der Waals surface area contributed by atoms with Gasteiger partial charge in [-0.15, -0.1) is 0 Å². The molecule has 1 fully saturated rings. The summed E-state index contributed by atoms with van der Waals surface area (Å²) in [6.45, 7) is 0. The molecule has 18 heavy (non-hydrogen) atoms. The number of anilines is 2. The summed E-state index contributed by atoms with van der Waals surface area (Å²) in [5.41, 5.74) is 5.46. The van der Waals surface area contributed by atoms with Crippen LogP contribution in [0.25, 0.3) is 0 Å². The van der Waals surface area contributed by atoms with Crippen molar-refractivity contribution in [2.45, 2.75) is 17.7 Å². The number of carbonyl (C=O) groups is 2. The molecule has 0 spiro atoms. The minimum absolute atomic E-state index is 0.124. The third-order valence-corrected chi connectivity index (χ3v) is 3.51.